The largest absolute Gasteiger partial charge is 0.468 e. The maximum Gasteiger partial charge on any atom is 0.322 e. The SMILES string of the molecule is CCCCC(NCCC1CCCCC1)C(=O)OC. The van der Waals surface area contributed by atoms with Gasteiger partial charge in [-0.05, 0) is 25.3 Å². The van der Waals surface area contributed by atoms with Gasteiger partial charge in [0.05, 0.1) is 7.11 Å². The maximum atomic E-state index is 11.6. The number of nitrogens with one attached hydrogen (secondary N) is 1. The molecule has 0 saturated heterocycles. The Labute approximate surface area is 112 Å². The third kappa shape index (κ3) is 5.85. The van der Waals surface area contributed by atoms with Crippen molar-refractivity contribution in [3.8, 4) is 0 Å². The van der Waals surface area contributed by atoms with Crippen LogP contribution in [0.25, 0.3) is 0 Å². The first kappa shape index (κ1) is 15.5. The highest BCUT2D eigenvalue weighted by Crippen LogP contribution is 2.25. The van der Waals surface area contributed by atoms with Gasteiger partial charge in [-0.1, -0.05) is 51.9 Å². The smallest absolute Gasteiger partial charge is 0.322 e. The zero-order chi connectivity index (χ0) is 13.2. The molecular weight excluding hydrogens is 226 g/mol. The van der Waals surface area contributed by atoms with Gasteiger partial charge in [-0.25, -0.2) is 0 Å². The van der Waals surface area contributed by atoms with Crippen LogP contribution in [0.3, 0.4) is 0 Å². The van der Waals surface area contributed by atoms with E-state index in [1.54, 1.807) is 0 Å². The van der Waals surface area contributed by atoms with Crippen molar-refractivity contribution in [3.05, 3.63) is 0 Å². The Morgan fingerprint density at radius 3 is 2.67 bits per heavy atom. The van der Waals surface area contributed by atoms with Crippen LogP contribution in [0.2, 0.25) is 0 Å². The Hall–Kier alpha value is -0.570. The fraction of sp³-hybridized carbons (Fsp3) is 0.933. The summed E-state index contributed by atoms with van der Waals surface area (Å²) in [5, 5.41) is 3.38. The van der Waals surface area contributed by atoms with E-state index in [2.05, 4.69) is 12.2 Å². The average molecular weight is 255 g/mol. The van der Waals surface area contributed by atoms with Crippen molar-refractivity contribution in [1.29, 1.82) is 0 Å². The average Bonchev–Trinajstić information content (AvgIpc) is 2.43. The van der Waals surface area contributed by atoms with E-state index < -0.39 is 0 Å². The number of hydrogen-bond acceptors (Lipinski definition) is 3. The number of unbranched alkanes of at least 4 members (excludes halogenated alkanes) is 1. The molecule has 3 heteroatoms. The number of esters is 1. The minimum absolute atomic E-state index is 0.0986. The summed E-state index contributed by atoms with van der Waals surface area (Å²) in [7, 11) is 1.48. The van der Waals surface area contributed by atoms with Gasteiger partial charge in [-0.2, -0.15) is 0 Å². The van der Waals surface area contributed by atoms with Gasteiger partial charge in [0.25, 0.3) is 0 Å². The third-order valence-electron chi connectivity index (χ3n) is 4.00. The molecule has 0 aliphatic heterocycles. The lowest BCUT2D eigenvalue weighted by atomic mass is 9.87. The third-order valence-corrected chi connectivity index (χ3v) is 4.00. The molecular formula is C15H29NO2. The second kappa shape index (κ2) is 9.37. The minimum atomic E-state index is -0.105. The molecule has 0 aromatic heterocycles. The van der Waals surface area contributed by atoms with Crippen LogP contribution in [-0.4, -0.2) is 25.7 Å². The quantitative estimate of drug-likeness (QED) is 0.676. The van der Waals surface area contributed by atoms with Crippen molar-refractivity contribution in [2.45, 2.75) is 70.8 Å². The molecule has 0 radical (unpaired) electrons. The van der Waals surface area contributed by atoms with Crippen LogP contribution in [0.1, 0.15) is 64.7 Å². The molecule has 1 N–H and O–H groups in total. The van der Waals surface area contributed by atoms with Crippen molar-refractivity contribution in [1.82, 2.24) is 5.32 Å². The Bertz CT molecular complexity index is 225. The number of methoxy groups -OCH3 is 1. The van der Waals surface area contributed by atoms with Crippen LogP contribution >= 0.6 is 0 Å². The fourth-order valence-electron chi connectivity index (χ4n) is 2.79. The van der Waals surface area contributed by atoms with E-state index in [9.17, 15) is 4.79 Å². The molecule has 0 bridgehead atoms. The summed E-state index contributed by atoms with van der Waals surface area (Å²) in [5.41, 5.74) is 0. The van der Waals surface area contributed by atoms with Crippen LogP contribution in [0.4, 0.5) is 0 Å². The van der Waals surface area contributed by atoms with Crippen LogP contribution < -0.4 is 5.32 Å². The van der Waals surface area contributed by atoms with E-state index >= 15 is 0 Å². The molecule has 3 nitrogen and oxygen atoms in total. The molecule has 0 aromatic carbocycles. The van der Waals surface area contributed by atoms with Crippen molar-refractivity contribution < 1.29 is 9.53 Å². The fourth-order valence-corrected chi connectivity index (χ4v) is 2.79. The zero-order valence-corrected chi connectivity index (χ0v) is 12.0. The van der Waals surface area contributed by atoms with Crippen molar-refractivity contribution in [3.63, 3.8) is 0 Å². The summed E-state index contributed by atoms with van der Waals surface area (Å²) in [4.78, 5) is 11.6. The topological polar surface area (TPSA) is 38.3 Å². The second-order valence-corrected chi connectivity index (χ2v) is 5.46. The molecule has 0 spiro atoms. The van der Waals surface area contributed by atoms with Crippen LogP contribution in [0, 0.1) is 5.92 Å². The summed E-state index contributed by atoms with van der Waals surface area (Å²) in [6.45, 7) is 3.10. The maximum absolute atomic E-state index is 11.6. The van der Waals surface area contributed by atoms with Gasteiger partial charge in [0.2, 0.25) is 0 Å². The van der Waals surface area contributed by atoms with E-state index in [0.717, 1.165) is 31.7 Å². The molecule has 18 heavy (non-hydrogen) atoms. The lowest BCUT2D eigenvalue weighted by molar-refractivity contribution is -0.143. The zero-order valence-electron chi connectivity index (χ0n) is 12.0. The highest BCUT2D eigenvalue weighted by molar-refractivity contribution is 5.75. The Morgan fingerprint density at radius 2 is 2.06 bits per heavy atom. The first-order chi connectivity index (χ1) is 8.77. The summed E-state index contributed by atoms with van der Waals surface area (Å²) < 4.78 is 4.85. The number of carbonyl (C=O) groups is 1. The lowest BCUT2D eigenvalue weighted by Crippen LogP contribution is -2.38. The Morgan fingerprint density at radius 1 is 1.33 bits per heavy atom. The highest BCUT2D eigenvalue weighted by atomic mass is 16.5. The lowest BCUT2D eigenvalue weighted by Gasteiger charge is -2.23. The van der Waals surface area contributed by atoms with Gasteiger partial charge in [-0.3, -0.25) is 4.79 Å². The van der Waals surface area contributed by atoms with E-state index in [4.69, 9.17) is 4.74 Å². The summed E-state index contributed by atoms with van der Waals surface area (Å²) in [6, 6.07) is -0.0986. The van der Waals surface area contributed by atoms with Crippen molar-refractivity contribution in [2.75, 3.05) is 13.7 Å². The predicted molar refractivity (Wildman–Crippen MR) is 74.5 cm³/mol. The van der Waals surface area contributed by atoms with Crippen LogP contribution in [0.15, 0.2) is 0 Å². The van der Waals surface area contributed by atoms with Gasteiger partial charge in [-0.15, -0.1) is 0 Å². The molecule has 1 unspecified atom stereocenters. The summed E-state index contributed by atoms with van der Waals surface area (Å²) in [5.74, 6) is 0.766. The normalized spacial score (nSPS) is 18.6. The summed E-state index contributed by atoms with van der Waals surface area (Å²) >= 11 is 0. The molecule has 1 fully saturated rings. The number of carbonyl (C=O) groups excluding carboxylic acids is 1. The standard InChI is InChI=1S/C15H29NO2/c1-3-4-10-14(15(17)18-2)16-12-11-13-8-6-5-7-9-13/h13-14,16H,3-12H2,1-2H3. The van der Waals surface area contributed by atoms with Crippen molar-refractivity contribution in [2.24, 2.45) is 5.92 Å². The second-order valence-electron chi connectivity index (χ2n) is 5.46. The molecule has 1 saturated carbocycles. The van der Waals surface area contributed by atoms with Gasteiger partial charge in [0, 0.05) is 0 Å². The van der Waals surface area contributed by atoms with Gasteiger partial charge in [0.1, 0.15) is 6.04 Å². The van der Waals surface area contributed by atoms with E-state index in [-0.39, 0.29) is 12.0 Å². The van der Waals surface area contributed by atoms with Crippen LogP contribution in [-0.2, 0) is 9.53 Å². The molecule has 1 aliphatic rings. The van der Waals surface area contributed by atoms with E-state index in [1.165, 1.54) is 45.6 Å². The van der Waals surface area contributed by atoms with Gasteiger partial charge in [0.15, 0.2) is 0 Å². The van der Waals surface area contributed by atoms with Crippen LogP contribution in [0.5, 0.6) is 0 Å². The number of rotatable bonds is 8. The molecule has 106 valence electrons. The molecule has 1 rings (SSSR count). The highest BCUT2D eigenvalue weighted by Gasteiger charge is 2.19. The van der Waals surface area contributed by atoms with E-state index in [0.29, 0.717) is 0 Å². The molecule has 1 atom stereocenters. The number of hydrogen-bond donors (Lipinski definition) is 1. The predicted octanol–water partition coefficient (Wildman–Crippen LogP) is 3.28. The Kier molecular flexibility index (Phi) is 8.06. The first-order valence-electron chi connectivity index (χ1n) is 7.59. The van der Waals surface area contributed by atoms with Gasteiger partial charge >= 0.3 is 5.97 Å². The van der Waals surface area contributed by atoms with E-state index in [1.807, 2.05) is 0 Å². The minimum Gasteiger partial charge on any atom is -0.468 e. The number of ether oxygens (including phenoxy) is 1. The Balaban J connectivity index is 2.20. The first-order valence-corrected chi connectivity index (χ1v) is 7.59. The molecule has 0 heterocycles. The molecule has 1 aliphatic carbocycles. The van der Waals surface area contributed by atoms with Crippen molar-refractivity contribution >= 4 is 5.97 Å². The van der Waals surface area contributed by atoms with Gasteiger partial charge < -0.3 is 10.1 Å². The monoisotopic (exact) mass is 255 g/mol. The molecule has 0 amide bonds. The molecule has 0 aromatic rings. The summed E-state index contributed by atoms with van der Waals surface area (Å²) in [6.07, 6.45) is 11.2.